The Hall–Kier alpha value is -2.28. The molecule has 3 nitrogen and oxygen atoms in total. The topological polar surface area (TPSA) is 35.5 Å². The predicted molar refractivity (Wildman–Crippen MR) is 102 cm³/mol. The standard InChI is InChI=1S/C20H23F3O3Si/c1-5-7-18(24)26-16-8-6-9-17(19(16)25-2)27(3,4)15-12-10-14(11-13-15)20(21,22)23/h6,8-13H,5,7H2,1-4H3. The van der Waals surface area contributed by atoms with Crippen LogP contribution in [0, 0.1) is 0 Å². The number of hydrogen-bond donors (Lipinski definition) is 0. The highest BCUT2D eigenvalue weighted by Gasteiger charge is 2.34. The molecular weight excluding hydrogens is 373 g/mol. The molecule has 0 bridgehead atoms. The van der Waals surface area contributed by atoms with Crippen LogP contribution in [-0.2, 0) is 11.0 Å². The van der Waals surface area contributed by atoms with Gasteiger partial charge in [0.15, 0.2) is 11.5 Å². The molecule has 0 fully saturated rings. The van der Waals surface area contributed by atoms with Crippen LogP contribution in [0.3, 0.4) is 0 Å². The second-order valence-electron chi connectivity index (χ2n) is 6.76. The largest absolute Gasteiger partial charge is 0.493 e. The summed E-state index contributed by atoms with van der Waals surface area (Å²) in [4.78, 5) is 11.9. The average Bonchev–Trinajstić information content (AvgIpc) is 2.61. The van der Waals surface area contributed by atoms with Crippen molar-refractivity contribution in [1.82, 2.24) is 0 Å². The summed E-state index contributed by atoms with van der Waals surface area (Å²) < 4.78 is 49.5. The Kier molecular flexibility index (Phi) is 6.36. The van der Waals surface area contributed by atoms with E-state index in [2.05, 4.69) is 0 Å². The number of para-hydroxylation sites is 1. The zero-order valence-corrected chi connectivity index (χ0v) is 16.8. The van der Waals surface area contributed by atoms with Crippen LogP contribution in [0.4, 0.5) is 13.2 Å². The van der Waals surface area contributed by atoms with E-state index in [4.69, 9.17) is 9.47 Å². The van der Waals surface area contributed by atoms with Crippen molar-refractivity contribution in [2.75, 3.05) is 7.11 Å². The number of esters is 1. The Morgan fingerprint density at radius 1 is 1.07 bits per heavy atom. The van der Waals surface area contributed by atoms with Gasteiger partial charge in [-0.3, -0.25) is 4.79 Å². The van der Waals surface area contributed by atoms with Gasteiger partial charge in [0.05, 0.1) is 12.7 Å². The van der Waals surface area contributed by atoms with Gasteiger partial charge in [-0.2, -0.15) is 13.2 Å². The molecule has 7 heteroatoms. The Bertz CT molecular complexity index is 799. The highest BCUT2D eigenvalue weighted by molar-refractivity contribution is 7.01. The molecule has 0 aliphatic rings. The van der Waals surface area contributed by atoms with Gasteiger partial charge in [-0.15, -0.1) is 0 Å². The van der Waals surface area contributed by atoms with Crippen molar-refractivity contribution in [3.05, 3.63) is 48.0 Å². The number of benzene rings is 2. The fourth-order valence-electron chi connectivity index (χ4n) is 2.91. The SMILES string of the molecule is CCCC(=O)Oc1cccc([Si](C)(C)c2ccc(C(F)(F)F)cc2)c1OC. The van der Waals surface area contributed by atoms with Gasteiger partial charge in [0.25, 0.3) is 0 Å². The van der Waals surface area contributed by atoms with Crippen LogP contribution in [0.2, 0.25) is 13.1 Å². The van der Waals surface area contributed by atoms with Crippen molar-refractivity contribution in [3.8, 4) is 11.5 Å². The van der Waals surface area contributed by atoms with Gasteiger partial charge in [-0.05, 0) is 17.7 Å². The monoisotopic (exact) mass is 396 g/mol. The minimum atomic E-state index is -4.37. The maximum absolute atomic E-state index is 12.8. The number of alkyl halides is 3. The second-order valence-corrected chi connectivity index (χ2v) is 11.1. The van der Waals surface area contributed by atoms with Crippen LogP contribution < -0.4 is 19.8 Å². The molecule has 27 heavy (non-hydrogen) atoms. The molecule has 0 N–H and O–H groups in total. The van der Waals surface area contributed by atoms with E-state index < -0.39 is 19.8 Å². The van der Waals surface area contributed by atoms with E-state index in [1.165, 1.54) is 19.2 Å². The molecule has 0 amide bonds. The summed E-state index contributed by atoms with van der Waals surface area (Å²) in [6, 6.07) is 10.5. The van der Waals surface area contributed by atoms with Crippen molar-refractivity contribution < 1.29 is 27.4 Å². The van der Waals surface area contributed by atoms with Gasteiger partial charge >= 0.3 is 12.1 Å². The molecule has 146 valence electrons. The molecule has 0 unspecified atom stereocenters. The summed E-state index contributed by atoms with van der Waals surface area (Å²) in [5.74, 6) is 0.446. The minimum Gasteiger partial charge on any atom is -0.493 e. The van der Waals surface area contributed by atoms with Crippen molar-refractivity contribution in [3.63, 3.8) is 0 Å². The van der Waals surface area contributed by atoms with E-state index >= 15 is 0 Å². The first-order valence-corrected chi connectivity index (χ1v) is 11.7. The summed E-state index contributed by atoms with van der Waals surface area (Å²) in [7, 11) is -0.894. The highest BCUT2D eigenvalue weighted by Crippen LogP contribution is 2.30. The lowest BCUT2D eigenvalue weighted by Gasteiger charge is -2.27. The number of methoxy groups -OCH3 is 1. The van der Waals surface area contributed by atoms with Crippen LogP contribution in [-0.4, -0.2) is 21.2 Å². The molecule has 0 radical (unpaired) electrons. The first-order valence-electron chi connectivity index (χ1n) is 8.67. The third kappa shape index (κ3) is 4.71. The van der Waals surface area contributed by atoms with Crippen LogP contribution in [0.1, 0.15) is 25.3 Å². The fraction of sp³-hybridized carbons (Fsp3) is 0.350. The average molecular weight is 396 g/mol. The first-order chi connectivity index (χ1) is 12.6. The van der Waals surface area contributed by atoms with E-state index in [-0.39, 0.29) is 5.97 Å². The number of hydrogen-bond acceptors (Lipinski definition) is 3. The Morgan fingerprint density at radius 3 is 2.22 bits per heavy atom. The molecule has 0 aliphatic heterocycles. The number of carbonyl (C=O) groups excluding carboxylic acids is 1. The molecule has 2 aromatic rings. The van der Waals surface area contributed by atoms with E-state index in [1.807, 2.05) is 26.1 Å². The molecule has 0 aromatic heterocycles. The third-order valence-corrected chi connectivity index (χ3v) is 7.99. The van der Waals surface area contributed by atoms with E-state index in [9.17, 15) is 18.0 Å². The van der Waals surface area contributed by atoms with Gasteiger partial charge in [0.2, 0.25) is 0 Å². The lowest BCUT2D eigenvalue weighted by molar-refractivity contribution is -0.137. The van der Waals surface area contributed by atoms with Crippen LogP contribution in [0.25, 0.3) is 0 Å². The van der Waals surface area contributed by atoms with Crippen LogP contribution >= 0.6 is 0 Å². The van der Waals surface area contributed by atoms with Gasteiger partial charge < -0.3 is 9.47 Å². The highest BCUT2D eigenvalue weighted by atomic mass is 28.3. The first kappa shape index (κ1) is 21.0. The number of rotatable bonds is 6. The van der Waals surface area contributed by atoms with Crippen LogP contribution in [0.5, 0.6) is 11.5 Å². The predicted octanol–water partition coefficient (Wildman–Crippen LogP) is 4.24. The summed E-state index contributed by atoms with van der Waals surface area (Å²) >= 11 is 0. The quantitative estimate of drug-likeness (QED) is 0.416. The van der Waals surface area contributed by atoms with Gasteiger partial charge in [-0.1, -0.05) is 61.6 Å². The molecule has 0 spiro atoms. The maximum atomic E-state index is 12.8. The Balaban J connectivity index is 2.44. The summed E-state index contributed by atoms with van der Waals surface area (Å²) in [5.41, 5.74) is -0.676. The van der Waals surface area contributed by atoms with E-state index in [0.717, 1.165) is 22.5 Å². The molecule has 0 saturated heterocycles. The molecule has 0 atom stereocenters. The van der Waals surface area contributed by atoms with Crippen molar-refractivity contribution >= 4 is 24.4 Å². The normalized spacial score (nSPS) is 12.0. The molecule has 2 aromatic carbocycles. The lowest BCUT2D eigenvalue weighted by Crippen LogP contribution is -2.53. The van der Waals surface area contributed by atoms with Crippen molar-refractivity contribution in [2.24, 2.45) is 0 Å². The van der Waals surface area contributed by atoms with E-state index in [0.29, 0.717) is 24.3 Å². The molecule has 2 rings (SSSR count). The van der Waals surface area contributed by atoms with Gasteiger partial charge in [0.1, 0.15) is 8.07 Å². The van der Waals surface area contributed by atoms with Crippen LogP contribution in [0.15, 0.2) is 42.5 Å². The Morgan fingerprint density at radius 2 is 1.70 bits per heavy atom. The number of carbonyl (C=O) groups is 1. The molecular formula is C20H23F3O3Si. The smallest absolute Gasteiger partial charge is 0.416 e. The number of halogens is 3. The van der Waals surface area contributed by atoms with Crippen molar-refractivity contribution in [1.29, 1.82) is 0 Å². The van der Waals surface area contributed by atoms with Gasteiger partial charge in [-0.25, -0.2) is 0 Å². The lowest BCUT2D eigenvalue weighted by atomic mass is 10.2. The fourth-order valence-corrected chi connectivity index (χ4v) is 5.52. The van der Waals surface area contributed by atoms with E-state index in [1.54, 1.807) is 12.1 Å². The van der Waals surface area contributed by atoms with Crippen molar-refractivity contribution in [2.45, 2.75) is 39.0 Å². The summed E-state index contributed by atoms with van der Waals surface area (Å²) in [6.45, 7) is 5.92. The molecule has 0 saturated carbocycles. The Labute approximate surface area is 158 Å². The zero-order valence-electron chi connectivity index (χ0n) is 15.8. The van der Waals surface area contributed by atoms with Gasteiger partial charge in [0, 0.05) is 6.42 Å². The summed E-state index contributed by atoms with van der Waals surface area (Å²) in [6.07, 6.45) is -3.39. The molecule has 0 heterocycles. The number of ether oxygens (including phenoxy) is 2. The summed E-state index contributed by atoms with van der Waals surface area (Å²) in [5, 5.41) is 1.68. The molecule has 0 aliphatic carbocycles. The second kappa shape index (κ2) is 8.16. The third-order valence-electron chi connectivity index (χ3n) is 4.47. The minimum absolute atomic E-state index is 0.299. The maximum Gasteiger partial charge on any atom is 0.416 e. The zero-order chi connectivity index (χ0) is 20.2.